The Morgan fingerprint density at radius 2 is 1.78 bits per heavy atom. The van der Waals surface area contributed by atoms with Crippen LogP contribution in [0.15, 0.2) is 65.7 Å². The van der Waals surface area contributed by atoms with Gasteiger partial charge < -0.3 is 19.5 Å². The molecule has 2 amide bonds. The van der Waals surface area contributed by atoms with Crippen LogP contribution >= 0.6 is 11.3 Å². The van der Waals surface area contributed by atoms with Gasteiger partial charge in [-0.1, -0.05) is 6.07 Å². The molecule has 8 heteroatoms. The van der Waals surface area contributed by atoms with Crippen LogP contribution in [0.1, 0.15) is 11.8 Å². The van der Waals surface area contributed by atoms with Gasteiger partial charge in [-0.05, 0) is 54.8 Å². The first kappa shape index (κ1) is 20.1. The molecule has 1 aromatic heterocycles. The Labute approximate surface area is 188 Å². The van der Waals surface area contributed by atoms with Crippen molar-refractivity contribution in [2.45, 2.75) is 6.92 Å². The molecular weight excluding hydrogens is 428 g/mol. The number of imide groups is 1. The second-order valence-electron chi connectivity index (χ2n) is 7.08. The lowest BCUT2D eigenvalue weighted by Crippen LogP contribution is -2.32. The van der Waals surface area contributed by atoms with E-state index in [0.717, 1.165) is 4.88 Å². The van der Waals surface area contributed by atoms with Gasteiger partial charge in [0.2, 0.25) is 0 Å². The molecule has 0 atom stereocenters. The van der Waals surface area contributed by atoms with Crippen molar-refractivity contribution in [1.29, 1.82) is 0 Å². The summed E-state index contributed by atoms with van der Waals surface area (Å²) in [7, 11) is 0. The first-order valence-corrected chi connectivity index (χ1v) is 11.1. The number of nitrogens with zero attached hydrogens (tertiary/aromatic N) is 1. The minimum atomic E-state index is -0.419. The number of rotatable bonds is 6. The maximum atomic E-state index is 13.4. The van der Waals surface area contributed by atoms with Crippen molar-refractivity contribution in [1.82, 2.24) is 0 Å². The van der Waals surface area contributed by atoms with E-state index in [4.69, 9.17) is 14.2 Å². The molecule has 0 aliphatic carbocycles. The van der Waals surface area contributed by atoms with E-state index in [0.29, 0.717) is 54.0 Å². The Morgan fingerprint density at radius 1 is 1.00 bits per heavy atom. The van der Waals surface area contributed by atoms with Crippen LogP contribution in [-0.2, 0) is 9.59 Å². The van der Waals surface area contributed by atoms with Gasteiger partial charge in [0.25, 0.3) is 11.8 Å². The van der Waals surface area contributed by atoms with Crippen molar-refractivity contribution in [2.75, 3.05) is 30.0 Å². The van der Waals surface area contributed by atoms with Gasteiger partial charge in [-0.3, -0.25) is 9.59 Å². The number of ether oxygens (including phenoxy) is 3. The molecule has 2 aliphatic heterocycles. The number of anilines is 2. The minimum absolute atomic E-state index is 0.225. The minimum Gasteiger partial charge on any atom is -0.494 e. The van der Waals surface area contributed by atoms with E-state index in [9.17, 15) is 9.59 Å². The van der Waals surface area contributed by atoms with Crippen LogP contribution in [0.2, 0.25) is 0 Å². The largest absolute Gasteiger partial charge is 0.494 e. The zero-order valence-corrected chi connectivity index (χ0v) is 18.1. The zero-order chi connectivity index (χ0) is 22.1. The van der Waals surface area contributed by atoms with Gasteiger partial charge in [0, 0.05) is 16.6 Å². The quantitative estimate of drug-likeness (QED) is 0.566. The lowest BCUT2D eigenvalue weighted by atomic mass is 10.1. The summed E-state index contributed by atoms with van der Waals surface area (Å²) in [6.45, 7) is 3.39. The number of hydrogen-bond acceptors (Lipinski definition) is 7. The predicted octanol–water partition coefficient (Wildman–Crippen LogP) is 4.31. The molecule has 7 nitrogen and oxygen atoms in total. The number of nitrogens with one attached hydrogen (secondary N) is 1. The van der Waals surface area contributed by atoms with E-state index >= 15 is 0 Å². The van der Waals surface area contributed by atoms with Crippen LogP contribution in [0.3, 0.4) is 0 Å². The van der Waals surface area contributed by atoms with Crippen molar-refractivity contribution in [3.63, 3.8) is 0 Å². The lowest BCUT2D eigenvalue weighted by Gasteiger charge is -2.19. The topological polar surface area (TPSA) is 77.1 Å². The number of carbonyl (C=O) groups excluding carboxylic acids is 2. The fourth-order valence-corrected chi connectivity index (χ4v) is 4.42. The van der Waals surface area contributed by atoms with Crippen molar-refractivity contribution in [3.8, 4) is 17.2 Å². The number of amides is 2. The van der Waals surface area contributed by atoms with Crippen LogP contribution in [0.5, 0.6) is 17.2 Å². The number of thiophene rings is 1. The van der Waals surface area contributed by atoms with Crippen LogP contribution in [-0.4, -0.2) is 31.6 Å². The fraction of sp³-hybridized carbons (Fsp3) is 0.167. The summed E-state index contributed by atoms with van der Waals surface area (Å²) in [6, 6.07) is 15.9. The van der Waals surface area contributed by atoms with E-state index in [1.165, 1.54) is 16.2 Å². The molecular formula is C24H20N2O5S. The van der Waals surface area contributed by atoms with E-state index in [-0.39, 0.29) is 11.6 Å². The summed E-state index contributed by atoms with van der Waals surface area (Å²) < 4.78 is 16.7. The molecule has 32 heavy (non-hydrogen) atoms. The summed E-state index contributed by atoms with van der Waals surface area (Å²) in [5.74, 6) is 1.13. The monoisotopic (exact) mass is 448 g/mol. The number of fused-ring (bicyclic) bond motifs is 1. The summed E-state index contributed by atoms with van der Waals surface area (Å²) in [5, 5.41) is 5.03. The van der Waals surface area contributed by atoms with Crippen LogP contribution in [0, 0.1) is 0 Å². The third-order valence-corrected chi connectivity index (χ3v) is 5.96. The highest BCUT2D eigenvalue weighted by Gasteiger charge is 2.40. The molecule has 0 fully saturated rings. The van der Waals surface area contributed by atoms with Crippen LogP contribution in [0.25, 0.3) is 5.57 Å². The molecule has 162 valence electrons. The van der Waals surface area contributed by atoms with Gasteiger partial charge in [0.15, 0.2) is 11.5 Å². The Morgan fingerprint density at radius 3 is 2.50 bits per heavy atom. The number of hydrogen-bond donors (Lipinski definition) is 1. The number of benzene rings is 2. The molecule has 5 rings (SSSR count). The van der Waals surface area contributed by atoms with E-state index < -0.39 is 5.91 Å². The molecule has 3 aromatic rings. The second kappa shape index (κ2) is 8.39. The van der Waals surface area contributed by atoms with Crippen molar-refractivity contribution in [3.05, 3.63) is 70.6 Å². The Balaban J connectivity index is 1.51. The molecule has 2 aromatic carbocycles. The number of carbonyl (C=O) groups is 2. The Kier molecular flexibility index (Phi) is 5.28. The van der Waals surface area contributed by atoms with Crippen molar-refractivity contribution >= 4 is 40.1 Å². The van der Waals surface area contributed by atoms with Gasteiger partial charge in [0.1, 0.15) is 24.7 Å². The van der Waals surface area contributed by atoms with E-state index in [2.05, 4.69) is 5.32 Å². The normalized spacial score (nSPS) is 15.3. The standard InChI is InChI=1S/C24H20N2O5S/c1-2-29-17-8-6-16(7-9-17)26-23(27)21(20-4-3-13-32-20)22(24(26)28)25-15-5-10-18-19(14-15)31-12-11-30-18/h3-10,13-14,25H,2,11-12H2,1H3. The highest BCUT2D eigenvalue weighted by molar-refractivity contribution is 7.11. The Bertz CT molecular complexity index is 1200. The first-order chi connectivity index (χ1) is 15.7. The molecule has 0 saturated heterocycles. The molecule has 0 bridgehead atoms. The predicted molar refractivity (Wildman–Crippen MR) is 122 cm³/mol. The van der Waals surface area contributed by atoms with Gasteiger partial charge in [0.05, 0.1) is 17.9 Å². The van der Waals surface area contributed by atoms with E-state index in [1.807, 2.05) is 24.4 Å². The smallest absolute Gasteiger partial charge is 0.282 e. The third kappa shape index (κ3) is 3.58. The maximum absolute atomic E-state index is 13.4. The molecule has 2 aliphatic rings. The summed E-state index contributed by atoms with van der Waals surface area (Å²) in [4.78, 5) is 28.7. The fourth-order valence-electron chi connectivity index (χ4n) is 3.65. The second-order valence-corrected chi connectivity index (χ2v) is 8.03. The third-order valence-electron chi connectivity index (χ3n) is 5.07. The van der Waals surface area contributed by atoms with Gasteiger partial charge >= 0.3 is 0 Å². The molecule has 0 saturated carbocycles. The molecule has 0 spiro atoms. The lowest BCUT2D eigenvalue weighted by molar-refractivity contribution is -0.120. The average Bonchev–Trinajstić information content (AvgIpc) is 3.41. The van der Waals surface area contributed by atoms with Crippen LogP contribution < -0.4 is 24.4 Å². The van der Waals surface area contributed by atoms with Crippen molar-refractivity contribution in [2.24, 2.45) is 0 Å². The molecule has 0 unspecified atom stereocenters. The summed E-state index contributed by atoms with van der Waals surface area (Å²) in [5.41, 5.74) is 1.68. The van der Waals surface area contributed by atoms with Crippen molar-refractivity contribution < 1.29 is 23.8 Å². The molecule has 0 radical (unpaired) electrons. The highest BCUT2D eigenvalue weighted by Crippen LogP contribution is 2.38. The van der Waals surface area contributed by atoms with Crippen LogP contribution in [0.4, 0.5) is 11.4 Å². The SMILES string of the molecule is CCOc1ccc(N2C(=O)C(Nc3ccc4c(c3)OCCO4)=C(c3cccs3)C2=O)cc1. The molecule has 1 N–H and O–H groups in total. The van der Waals surface area contributed by atoms with E-state index in [1.54, 1.807) is 42.5 Å². The van der Waals surface area contributed by atoms with Gasteiger partial charge in [-0.2, -0.15) is 0 Å². The van der Waals surface area contributed by atoms with Gasteiger partial charge in [-0.25, -0.2) is 4.90 Å². The maximum Gasteiger partial charge on any atom is 0.282 e. The first-order valence-electron chi connectivity index (χ1n) is 10.2. The Hall–Kier alpha value is -3.78. The highest BCUT2D eigenvalue weighted by atomic mass is 32.1. The summed E-state index contributed by atoms with van der Waals surface area (Å²) in [6.07, 6.45) is 0. The molecule has 3 heterocycles. The van der Waals surface area contributed by atoms with Gasteiger partial charge in [-0.15, -0.1) is 11.3 Å². The zero-order valence-electron chi connectivity index (χ0n) is 17.3. The average molecular weight is 449 g/mol. The summed E-state index contributed by atoms with van der Waals surface area (Å²) >= 11 is 1.41.